The van der Waals surface area contributed by atoms with Gasteiger partial charge in [-0.15, -0.1) is 0 Å². The number of aliphatic hydroxyl groups excluding tert-OH is 1. The van der Waals surface area contributed by atoms with Crippen molar-refractivity contribution >= 4 is 22.6 Å². The number of H-pyrrole nitrogens is 1. The fraction of sp³-hybridized carbons (Fsp3) is 0.345. The zero-order valence-electron chi connectivity index (χ0n) is 20.3. The lowest BCUT2D eigenvalue weighted by Crippen LogP contribution is -2.30. The molecular weight excluding hydrogens is 460 g/mol. The lowest BCUT2D eigenvalue weighted by molar-refractivity contribution is 0.0151. The van der Waals surface area contributed by atoms with E-state index in [0.717, 1.165) is 46.3 Å². The van der Waals surface area contributed by atoms with Crippen LogP contribution in [0.2, 0.25) is 5.02 Å². The van der Waals surface area contributed by atoms with E-state index in [9.17, 15) is 5.11 Å². The van der Waals surface area contributed by atoms with Crippen molar-refractivity contribution in [2.75, 3.05) is 6.61 Å². The van der Waals surface area contributed by atoms with E-state index in [1.54, 1.807) is 0 Å². The molecule has 1 aliphatic heterocycles. The first-order valence-corrected chi connectivity index (χ1v) is 12.8. The molecule has 182 valence electrons. The van der Waals surface area contributed by atoms with Gasteiger partial charge in [-0.1, -0.05) is 80.0 Å². The number of nitrogens with one attached hydrogen (secondary N) is 1. The van der Waals surface area contributed by atoms with Crippen LogP contribution in [0.4, 0.5) is 0 Å². The minimum atomic E-state index is -0.385. The van der Waals surface area contributed by atoms with Crippen molar-refractivity contribution in [1.29, 1.82) is 0 Å². The monoisotopic (exact) mass is 490 g/mol. The second-order valence-corrected chi connectivity index (χ2v) is 9.41. The summed E-state index contributed by atoms with van der Waals surface area (Å²) in [6.45, 7) is 6.40. The van der Waals surface area contributed by atoms with Crippen LogP contribution in [0.5, 0.6) is 5.88 Å². The topological polar surface area (TPSA) is 67.4 Å². The molecule has 6 heteroatoms. The highest BCUT2D eigenvalue weighted by Gasteiger charge is 2.47. The van der Waals surface area contributed by atoms with Crippen LogP contribution in [0.1, 0.15) is 32.3 Å². The van der Waals surface area contributed by atoms with E-state index in [0.29, 0.717) is 17.5 Å². The van der Waals surface area contributed by atoms with Gasteiger partial charge in [0.05, 0.1) is 40.6 Å². The number of hydrogen-bond donors (Lipinski definition) is 2. The van der Waals surface area contributed by atoms with Gasteiger partial charge in [0.15, 0.2) is 5.88 Å². The van der Waals surface area contributed by atoms with Gasteiger partial charge in [0.25, 0.3) is 0 Å². The van der Waals surface area contributed by atoms with Gasteiger partial charge in [-0.2, -0.15) is 0 Å². The molecular formula is C29H31ClN2O3. The molecule has 5 nitrogen and oxygen atoms in total. The van der Waals surface area contributed by atoms with Crippen molar-refractivity contribution < 1.29 is 14.6 Å². The van der Waals surface area contributed by atoms with Crippen molar-refractivity contribution in [3.8, 4) is 28.3 Å². The highest BCUT2D eigenvalue weighted by Crippen LogP contribution is 2.40. The van der Waals surface area contributed by atoms with Crippen LogP contribution in [0.25, 0.3) is 33.4 Å². The Balaban J connectivity index is 0.00000124. The van der Waals surface area contributed by atoms with Crippen molar-refractivity contribution in [3.63, 3.8) is 0 Å². The van der Waals surface area contributed by atoms with Gasteiger partial charge < -0.3 is 19.6 Å². The predicted molar refractivity (Wildman–Crippen MR) is 141 cm³/mol. The molecule has 2 aromatic heterocycles. The van der Waals surface area contributed by atoms with Crippen LogP contribution in [-0.4, -0.2) is 40.0 Å². The maximum absolute atomic E-state index is 10.1. The molecule has 2 aromatic carbocycles. The number of rotatable bonds is 4. The Morgan fingerprint density at radius 1 is 1.00 bits per heavy atom. The number of aromatic amines is 1. The van der Waals surface area contributed by atoms with Crippen LogP contribution >= 0.6 is 11.6 Å². The Bertz CT molecular complexity index is 1300. The Kier molecular flexibility index (Phi) is 6.83. The molecule has 35 heavy (non-hydrogen) atoms. The lowest BCUT2D eigenvalue weighted by atomic mass is 10.0. The fourth-order valence-corrected chi connectivity index (χ4v) is 5.44. The molecule has 1 saturated heterocycles. The second kappa shape index (κ2) is 10.0. The van der Waals surface area contributed by atoms with Crippen LogP contribution < -0.4 is 4.74 Å². The summed E-state index contributed by atoms with van der Waals surface area (Å²) < 4.78 is 12.1. The molecule has 1 unspecified atom stereocenters. The van der Waals surface area contributed by atoms with E-state index in [4.69, 9.17) is 26.1 Å². The Labute approximate surface area is 211 Å². The standard InChI is InChI=1S/C27H25ClN2O3.C2H6/c1-15-24-21(29-27(15)33-23-12-11-19-22(31)14-32-26(19)23)13-20(28)25(30-24)18-9-7-17(8-10-18)16-5-3-2-4-6-16;1-2/h2-10,13,19,22-23,26,29,31H,11-12,14H2,1H3;1-2H3/t19?,22-,23-,26+;/m1./s1. The van der Waals surface area contributed by atoms with Crippen LogP contribution in [0.15, 0.2) is 60.7 Å². The zero-order valence-corrected chi connectivity index (χ0v) is 21.0. The summed E-state index contributed by atoms with van der Waals surface area (Å²) in [7, 11) is 0. The Morgan fingerprint density at radius 2 is 1.69 bits per heavy atom. The molecule has 0 spiro atoms. The summed E-state index contributed by atoms with van der Waals surface area (Å²) in [6.07, 6.45) is 1.28. The van der Waals surface area contributed by atoms with Crippen LogP contribution in [-0.2, 0) is 4.74 Å². The van der Waals surface area contributed by atoms with Crippen molar-refractivity contribution in [2.24, 2.45) is 5.92 Å². The van der Waals surface area contributed by atoms with Crippen LogP contribution in [0, 0.1) is 12.8 Å². The summed E-state index contributed by atoms with van der Waals surface area (Å²) in [4.78, 5) is 8.25. The van der Waals surface area contributed by atoms with E-state index < -0.39 is 0 Å². The predicted octanol–water partition coefficient (Wildman–Crippen LogP) is 6.80. The summed E-state index contributed by atoms with van der Waals surface area (Å²) in [5.41, 5.74) is 6.69. The molecule has 1 aliphatic carbocycles. The first-order valence-electron chi connectivity index (χ1n) is 12.4. The van der Waals surface area contributed by atoms with E-state index in [1.807, 2.05) is 45.0 Å². The third-order valence-electron chi connectivity index (χ3n) is 6.98. The van der Waals surface area contributed by atoms with Gasteiger partial charge in [0.1, 0.15) is 6.10 Å². The quantitative estimate of drug-likeness (QED) is 0.330. The smallest absolute Gasteiger partial charge is 0.196 e. The highest BCUT2D eigenvalue weighted by atomic mass is 35.5. The Morgan fingerprint density at radius 3 is 2.43 bits per heavy atom. The van der Waals surface area contributed by atoms with Gasteiger partial charge in [-0.3, -0.25) is 0 Å². The fourth-order valence-electron chi connectivity index (χ4n) is 5.18. The number of fused-ring (bicyclic) bond motifs is 2. The number of benzene rings is 2. The number of ether oxygens (including phenoxy) is 2. The van der Waals surface area contributed by atoms with Crippen LogP contribution in [0.3, 0.4) is 0 Å². The number of nitrogens with zero attached hydrogens (tertiary/aromatic N) is 1. The largest absolute Gasteiger partial charge is 0.473 e. The molecule has 4 atom stereocenters. The van der Waals surface area contributed by atoms with Crippen molar-refractivity contribution in [3.05, 3.63) is 71.2 Å². The van der Waals surface area contributed by atoms with Gasteiger partial charge in [0, 0.05) is 17.0 Å². The molecule has 6 rings (SSSR count). The molecule has 0 bridgehead atoms. The first kappa shape index (κ1) is 23.9. The summed E-state index contributed by atoms with van der Waals surface area (Å²) in [6, 6.07) is 20.5. The van der Waals surface area contributed by atoms with E-state index >= 15 is 0 Å². The normalized spacial score (nSPS) is 23.1. The average Bonchev–Trinajstić information content (AvgIpc) is 3.56. The van der Waals surface area contributed by atoms with Gasteiger partial charge in [-0.25, -0.2) is 4.98 Å². The van der Waals surface area contributed by atoms with Gasteiger partial charge in [0.2, 0.25) is 0 Å². The van der Waals surface area contributed by atoms with E-state index in [2.05, 4.69) is 41.4 Å². The average molecular weight is 491 g/mol. The highest BCUT2D eigenvalue weighted by molar-refractivity contribution is 6.33. The first-order chi connectivity index (χ1) is 17.1. The van der Waals surface area contributed by atoms with E-state index in [-0.39, 0.29) is 24.2 Å². The SMILES string of the molecule is CC.Cc1c(O[C@@H]2CCC3[C@H](O)CO[C@@H]32)[nH]c2cc(Cl)c(-c3ccc(-c4ccccc4)cc3)nc12. The number of halogens is 1. The molecule has 2 fully saturated rings. The number of aryl methyl sites for hydroxylation is 1. The molecule has 1 saturated carbocycles. The van der Waals surface area contributed by atoms with Gasteiger partial charge in [-0.05, 0) is 37.0 Å². The van der Waals surface area contributed by atoms with Crippen molar-refractivity contribution in [1.82, 2.24) is 9.97 Å². The lowest BCUT2D eigenvalue weighted by Gasteiger charge is -2.19. The zero-order chi connectivity index (χ0) is 24.5. The third kappa shape index (κ3) is 4.44. The Hall–Kier alpha value is -2.86. The molecule has 0 radical (unpaired) electrons. The van der Waals surface area contributed by atoms with E-state index in [1.165, 1.54) is 5.56 Å². The second-order valence-electron chi connectivity index (χ2n) is 9.00. The number of aromatic nitrogens is 2. The summed E-state index contributed by atoms with van der Waals surface area (Å²) in [5.74, 6) is 0.860. The molecule has 3 heterocycles. The number of hydrogen-bond acceptors (Lipinski definition) is 4. The van der Waals surface area contributed by atoms with Crippen molar-refractivity contribution in [2.45, 2.75) is 51.9 Å². The summed E-state index contributed by atoms with van der Waals surface area (Å²) in [5, 5.41) is 10.7. The van der Waals surface area contributed by atoms with Gasteiger partial charge >= 0.3 is 0 Å². The maximum Gasteiger partial charge on any atom is 0.196 e. The minimum Gasteiger partial charge on any atom is -0.473 e. The molecule has 2 aliphatic rings. The summed E-state index contributed by atoms with van der Waals surface area (Å²) >= 11 is 6.64. The molecule has 4 aromatic rings. The number of aliphatic hydroxyl groups is 1. The maximum atomic E-state index is 10.1. The third-order valence-corrected chi connectivity index (χ3v) is 7.27. The molecule has 0 amide bonds. The minimum absolute atomic E-state index is 0.0546. The number of pyridine rings is 1. The molecule has 2 N–H and O–H groups in total.